The highest BCUT2D eigenvalue weighted by Gasteiger charge is 2.44. The fourth-order valence-electron chi connectivity index (χ4n) is 2.03. The van der Waals surface area contributed by atoms with E-state index in [1.54, 1.807) is 6.92 Å². The highest BCUT2D eigenvalue weighted by atomic mass is 19.1. The lowest BCUT2D eigenvalue weighted by Gasteiger charge is -2.23. The van der Waals surface area contributed by atoms with Gasteiger partial charge < -0.3 is 15.8 Å². The third-order valence-corrected chi connectivity index (χ3v) is 3.55. The molecule has 3 N–H and O–H groups in total. The van der Waals surface area contributed by atoms with Crippen LogP contribution in [0.2, 0.25) is 0 Å². The Hall–Kier alpha value is -1.95. The number of anilines is 1. The lowest BCUT2D eigenvalue weighted by molar-refractivity contribution is -0.121. The van der Waals surface area contributed by atoms with E-state index in [0.717, 1.165) is 25.0 Å². The summed E-state index contributed by atoms with van der Waals surface area (Å²) in [5, 5.41) is 2.52. The molecule has 0 saturated heterocycles. The maximum atomic E-state index is 13.3. The number of benzene rings is 1. The Bertz CT molecular complexity index is 553. The fraction of sp³-hybridized carbons (Fsp3) is 0.429. The quantitative estimate of drug-likeness (QED) is 0.822. The molecule has 1 aromatic rings. The second kappa shape index (κ2) is 5.20. The summed E-state index contributed by atoms with van der Waals surface area (Å²) in [4.78, 5) is 23.8. The number of halogens is 1. The predicted octanol–water partition coefficient (Wildman–Crippen LogP) is 1.68. The summed E-state index contributed by atoms with van der Waals surface area (Å²) in [5.41, 5.74) is 5.12. The van der Waals surface area contributed by atoms with Crippen LogP contribution in [0.4, 0.5) is 10.1 Å². The van der Waals surface area contributed by atoms with Crippen LogP contribution in [-0.4, -0.2) is 24.5 Å². The van der Waals surface area contributed by atoms with Crippen LogP contribution in [0.15, 0.2) is 18.2 Å². The predicted molar refractivity (Wildman–Crippen MR) is 71.7 cm³/mol. The normalized spacial score (nSPS) is 17.2. The molecule has 0 bridgehead atoms. The van der Waals surface area contributed by atoms with Crippen LogP contribution < -0.4 is 11.1 Å². The Labute approximate surface area is 116 Å². The number of hydrogen-bond donors (Lipinski definition) is 2. The van der Waals surface area contributed by atoms with Gasteiger partial charge >= 0.3 is 5.97 Å². The van der Waals surface area contributed by atoms with Gasteiger partial charge in [-0.25, -0.2) is 9.18 Å². The Morgan fingerprint density at radius 3 is 2.65 bits per heavy atom. The topological polar surface area (TPSA) is 81.4 Å². The third kappa shape index (κ3) is 2.80. The molecule has 0 aromatic heterocycles. The molecule has 1 aliphatic rings. The number of rotatable bonds is 4. The summed E-state index contributed by atoms with van der Waals surface area (Å²) in [7, 11) is 1.22. The highest BCUT2D eigenvalue weighted by Crippen LogP contribution is 2.38. The van der Waals surface area contributed by atoms with Gasteiger partial charge in [-0.1, -0.05) is 0 Å². The number of hydrogen-bond acceptors (Lipinski definition) is 4. The minimum Gasteiger partial charge on any atom is -0.465 e. The maximum Gasteiger partial charge on any atom is 0.339 e. The second-order valence-corrected chi connectivity index (χ2v) is 5.19. The number of esters is 1. The van der Waals surface area contributed by atoms with Crippen molar-refractivity contribution >= 4 is 17.6 Å². The van der Waals surface area contributed by atoms with E-state index in [9.17, 15) is 14.0 Å². The number of amides is 1. The Balaban J connectivity index is 2.26. The molecule has 1 saturated carbocycles. The molecule has 108 valence electrons. The minimum atomic E-state index is -1.03. The number of nitrogens with one attached hydrogen (secondary N) is 1. The molecule has 0 spiro atoms. The van der Waals surface area contributed by atoms with Gasteiger partial charge in [-0.2, -0.15) is 0 Å². The average Bonchev–Trinajstić information content (AvgIpc) is 3.22. The summed E-state index contributed by atoms with van der Waals surface area (Å²) in [6.45, 7) is 1.64. The average molecular weight is 280 g/mol. The van der Waals surface area contributed by atoms with Gasteiger partial charge in [0, 0.05) is 0 Å². The van der Waals surface area contributed by atoms with Crippen molar-refractivity contribution in [1.29, 1.82) is 0 Å². The SMILES string of the molecule is COC(=O)c1ccc(F)cc1NC(=O)C(C)(N)C1CC1. The summed E-state index contributed by atoms with van der Waals surface area (Å²) in [6.07, 6.45) is 1.79. The van der Waals surface area contributed by atoms with Crippen LogP contribution in [0.5, 0.6) is 0 Å². The summed E-state index contributed by atoms with van der Waals surface area (Å²) < 4.78 is 17.9. The van der Waals surface area contributed by atoms with E-state index in [0.29, 0.717) is 0 Å². The van der Waals surface area contributed by atoms with E-state index in [1.165, 1.54) is 13.2 Å². The van der Waals surface area contributed by atoms with Crippen molar-refractivity contribution < 1.29 is 18.7 Å². The van der Waals surface area contributed by atoms with Crippen molar-refractivity contribution in [1.82, 2.24) is 0 Å². The van der Waals surface area contributed by atoms with E-state index < -0.39 is 23.2 Å². The Kier molecular flexibility index (Phi) is 3.76. The van der Waals surface area contributed by atoms with Gasteiger partial charge in [0.1, 0.15) is 5.82 Å². The van der Waals surface area contributed by atoms with E-state index >= 15 is 0 Å². The summed E-state index contributed by atoms with van der Waals surface area (Å²) in [6, 6.07) is 3.47. The molecule has 5 nitrogen and oxygen atoms in total. The first kappa shape index (κ1) is 14.5. The molecule has 1 atom stereocenters. The molecule has 1 aliphatic carbocycles. The van der Waals surface area contributed by atoms with Gasteiger partial charge in [-0.05, 0) is 43.9 Å². The Morgan fingerprint density at radius 2 is 2.10 bits per heavy atom. The van der Waals surface area contributed by atoms with E-state index in [-0.39, 0.29) is 17.2 Å². The van der Waals surface area contributed by atoms with E-state index in [4.69, 9.17) is 5.73 Å². The van der Waals surface area contributed by atoms with Crippen LogP contribution >= 0.6 is 0 Å². The van der Waals surface area contributed by atoms with E-state index in [1.807, 2.05) is 0 Å². The number of methoxy groups -OCH3 is 1. The lowest BCUT2D eigenvalue weighted by Crippen LogP contribution is -2.50. The van der Waals surface area contributed by atoms with Crippen molar-refractivity contribution in [3.63, 3.8) is 0 Å². The van der Waals surface area contributed by atoms with Crippen LogP contribution in [-0.2, 0) is 9.53 Å². The Morgan fingerprint density at radius 1 is 1.45 bits per heavy atom. The molecule has 1 unspecified atom stereocenters. The zero-order valence-corrected chi connectivity index (χ0v) is 11.4. The molecule has 20 heavy (non-hydrogen) atoms. The van der Waals surface area contributed by atoms with Crippen molar-refractivity contribution in [2.45, 2.75) is 25.3 Å². The number of ether oxygens (including phenoxy) is 1. The molecule has 0 heterocycles. The molecular formula is C14H17FN2O3. The molecule has 1 fully saturated rings. The third-order valence-electron chi connectivity index (χ3n) is 3.55. The summed E-state index contributed by atoms with van der Waals surface area (Å²) >= 11 is 0. The van der Waals surface area contributed by atoms with Crippen molar-refractivity contribution in [3.05, 3.63) is 29.6 Å². The molecule has 6 heteroatoms. The van der Waals surface area contributed by atoms with Crippen LogP contribution in [0.3, 0.4) is 0 Å². The lowest BCUT2D eigenvalue weighted by atomic mass is 9.96. The highest BCUT2D eigenvalue weighted by molar-refractivity contribution is 6.04. The van der Waals surface area contributed by atoms with Crippen LogP contribution in [0.25, 0.3) is 0 Å². The molecular weight excluding hydrogens is 263 g/mol. The summed E-state index contributed by atoms with van der Waals surface area (Å²) in [5.74, 6) is -1.52. The molecule has 1 aromatic carbocycles. The van der Waals surface area contributed by atoms with Gasteiger partial charge in [0.15, 0.2) is 0 Å². The largest absolute Gasteiger partial charge is 0.465 e. The smallest absolute Gasteiger partial charge is 0.339 e. The van der Waals surface area contributed by atoms with Crippen LogP contribution in [0, 0.1) is 11.7 Å². The van der Waals surface area contributed by atoms with Gasteiger partial charge in [0.05, 0.1) is 23.9 Å². The molecule has 1 amide bonds. The van der Waals surface area contributed by atoms with Crippen LogP contribution in [0.1, 0.15) is 30.1 Å². The molecule has 2 rings (SSSR count). The first-order valence-electron chi connectivity index (χ1n) is 6.34. The van der Waals surface area contributed by atoms with E-state index in [2.05, 4.69) is 10.1 Å². The monoisotopic (exact) mass is 280 g/mol. The van der Waals surface area contributed by atoms with Crippen molar-refractivity contribution in [2.24, 2.45) is 11.7 Å². The maximum absolute atomic E-state index is 13.3. The standard InChI is InChI=1S/C14H17FN2O3/c1-14(16,8-3-4-8)13(19)17-11-7-9(15)5-6-10(11)12(18)20-2/h5-8H,3-4,16H2,1-2H3,(H,17,19). The first-order chi connectivity index (χ1) is 9.36. The van der Waals surface area contributed by atoms with Crippen molar-refractivity contribution in [2.75, 3.05) is 12.4 Å². The van der Waals surface area contributed by atoms with Gasteiger partial charge in [-0.15, -0.1) is 0 Å². The zero-order valence-electron chi connectivity index (χ0n) is 11.4. The number of nitrogens with two attached hydrogens (primary N) is 1. The fourth-order valence-corrected chi connectivity index (χ4v) is 2.03. The van der Waals surface area contributed by atoms with Gasteiger partial charge in [0.2, 0.25) is 5.91 Å². The zero-order chi connectivity index (χ0) is 14.9. The van der Waals surface area contributed by atoms with Gasteiger partial charge in [-0.3, -0.25) is 4.79 Å². The molecule has 0 radical (unpaired) electrons. The second-order valence-electron chi connectivity index (χ2n) is 5.19. The molecule has 0 aliphatic heterocycles. The minimum absolute atomic E-state index is 0.0687. The van der Waals surface area contributed by atoms with Gasteiger partial charge in [0.25, 0.3) is 0 Å². The number of carbonyl (C=O) groups excluding carboxylic acids is 2. The first-order valence-corrected chi connectivity index (χ1v) is 6.34. The number of carbonyl (C=O) groups is 2. The van der Waals surface area contributed by atoms with Crippen molar-refractivity contribution in [3.8, 4) is 0 Å².